The highest BCUT2D eigenvalue weighted by Crippen LogP contribution is 2.47. The summed E-state index contributed by atoms with van der Waals surface area (Å²) in [6, 6.07) is 19.0. The first kappa shape index (κ1) is 18.5. The van der Waals surface area contributed by atoms with Crippen molar-refractivity contribution in [2.45, 2.75) is 29.7 Å². The molecule has 3 heterocycles. The third-order valence-corrected chi connectivity index (χ3v) is 6.65. The largest absolute Gasteiger partial charge is 0.462 e. The van der Waals surface area contributed by atoms with Gasteiger partial charge in [-0.15, -0.1) is 11.8 Å². The van der Waals surface area contributed by atoms with Gasteiger partial charge in [-0.2, -0.15) is 0 Å². The lowest BCUT2D eigenvalue weighted by molar-refractivity contribution is 0.162. The van der Waals surface area contributed by atoms with E-state index in [9.17, 15) is 0 Å². The second kappa shape index (κ2) is 8.05. The van der Waals surface area contributed by atoms with Crippen LogP contribution in [0.15, 0.2) is 63.9 Å². The molecule has 0 N–H and O–H groups in total. The monoisotopic (exact) mass is 409 g/mol. The van der Waals surface area contributed by atoms with Gasteiger partial charge in [-0.3, -0.25) is 0 Å². The zero-order valence-electron chi connectivity index (χ0n) is 16.3. The molecule has 0 amide bonds. The van der Waals surface area contributed by atoms with E-state index in [1.165, 1.54) is 16.1 Å². The molecule has 5 rings (SSSR count). The molecule has 6 heteroatoms. The fourth-order valence-corrected chi connectivity index (χ4v) is 5.14. The summed E-state index contributed by atoms with van der Waals surface area (Å²) in [6.07, 6.45) is 1.03. The van der Waals surface area contributed by atoms with E-state index in [1.807, 2.05) is 30.0 Å². The highest BCUT2D eigenvalue weighted by molar-refractivity contribution is 7.99. The summed E-state index contributed by atoms with van der Waals surface area (Å²) in [4.78, 5) is 3.70. The van der Waals surface area contributed by atoms with Gasteiger partial charge in [-0.25, -0.2) is 0 Å². The lowest BCUT2D eigenvalue weighted by atomic mass is 10.1. The van der Waals surface area contributed by atoms with Crippen molar-refractivity contribution in [2.24, 2.45) is 0 Å². The van der Waals surface area contributed by atoms with Crippen molar-refractivity contribution in [3.63, 3.8) is 0 Å². The number of benzene rings is 2. The molecule has 0 fully saturated rings. The van der Waals surface area contributed by atoms with Gasteiger partial charge < -0.3 is 23.5 Å². The first-order valence-corrected chi connectivity index (χ1v) is 10.6. The number of methoxy groups -OCH3 is 1. The molecule has 150 valence electrons. The molecule has 0 bridgehead atoms. The summed E-state index contributed by atoms with van der Waals surface area (Å²) in [5.74, 6) is 3.49. The number of rotatable bonds is 5. The van der Waals surface area contributed by atoms with Crippen LogP contribution in [0.3, 0.4) is 0 Å². The Morgan fingerprint density at radius 1 is 1.03 bits per heavy atom. The first-order chi connectivity index (χ1) is 14.3. The third kappa shape index (κ3) is 3.82. The van der Waals surface area contributed by atoms with Crippen LogP contribution < -0.4 is 14.4 Å². The number of para-hydroxylation sites is 1. The first-order valence-electron chi connectivity index (χ1n) is 9.77. The average molecular weight is 410 g/mol. The molecule has 1 atom stereocenters. The van der Waals surface area contributed by atoms with Crippen LogP contribution in [0.4, 0.5) is 5.69 Å². The molecule has 2 aromatic carbocycles. The van der Waals surface area contributed by atoms with Crippen LogP contribution >= 0.6 is 11.8 Å². The quantitative estimate of drug-likeness (QED) is 0.562. The summed E-state index contributed by atoms with van der Waals surface area (Å²) in [5, 5.41) is 0.358. The Bertz CT molecular complexity index is 1000. The Morgan fingerprint density at radius 3 is 2.83 bits per heavy atom. The lowest BCUT2D eigenvalue weighted by Gasteiger charge is -2.23. The van der Waals surface area contributed by atoms with Crippen LogP contribution in [0.2, 0.25) is 0 Å². The topological polar surface area (TPSA) is 44.1 Å². The Hall–Kier alpha value is -2.57. The van der Waals surface area contributed by atoms with Crippen LogP contribution in [0.5, 0.6) is 11.5 Å². The summed E-state index contributed by atoms with van der Waals surface area (Å²) in [5.41, 5.74) is 2.53. The van der Waals surface area contributed by atoms with E-state index in [0.717, 1.165) is 42.5 Å². The molecule has 2 aliphatic rings. The van der Waals surface area contributed by atoms with Crippen LogP contribution in [-0.4, -0.2) is 20.4 Å². The molecule has 3 aromatic rings. The molecule has 0 radical (unpaired) electrons. The molecule has 0 spiro atoms. The van der Waals surface area contributed by atoms with Crippen molar-refractivity contribution >= 4 is 17.4 Å². The zero-order valence-corrected chi connectivity index (χ0v) is 17.1. The van der Waals surface area contributed by atoms with Gasteiger partial charge in [0.25, 0.3) is 0 Å². The van der Waals surface area contributed by atoms with E-state index in [1.54, 1.807) is 7.11 Å². The van der Waals surface area contributed by atoms with Crippen molar-refractivity contribution in [2.75, 3.05) is 25.3 Å². The molecule has 1 aromatic heterocycles. The predicted octanol–water partition coefficient (Wildman–Crippen LogP) is 5.40. The highest BCUT2D eigenvalue weighted by atomic mass is 32.2. The van der Waals surface area contributed by atoms with Crippen LogP contribution in [0.25, 0.3) is 0 Å². The minimum Gasteiger partial charge on any atom is -0.462 e. The number of hydrogen-bond donors (Lipinski definition) is 0. The van der Waals surface area contributed by atoms with Crippen LogP contribution in [0.1, 0.15) is 28.8 Å². The second-order valence-electron chi connectivity index (χ2n) is 7.20. The van der Waals surface area contributed by atoms with E-state index in [0.29, 0.717) is 18.6 Å². The third-order valence-electron chi connectivity index (χ3n) is 5.26. The predicted molar refractivity (Wildman–Crippen MR) is 113 cm³/mol. The zero-order chi connectivity index (χ0) is 19.6. The van der Waals surface area contributed by atoms with E-state index in [4.69, 9.17) is 18.6 Å². The minimum absolute atomic E-state index is 0.307. The van der Waals surface area contributed by atoms with E-state index in [-0.39, 0.29) is 0 Å². The Labute approximate surface area is 174 Å². The fraction of sp³-hybridized carbons (Fsp3) is 0.304. The average Bonchev–Trinajstić information content (AvgIpc) is 3.35. The number of hydrogen-bond acceptors (Lipinski definition) is 6. The van der Waals surface area contributed by atoms with Gasteiger partial charge in [0, 0.05) is 23.8 Å². The maximum atomic E-state index is 5.94. The number of fused-ring (bicyclic) bond motifs is 2. The van der Waals surface area contributed by atoms with Crippen molar-refractivity contribution in [3.8, 4) is 11.5 Å². The molecule has 5 nitrogen and oxygen atoms in total. The van der Waals surface area contributed by atoms with Gasteiger partial charge in [-0.1, -0.05) is 18.2 Å². The van der Waals surface area contributed by atoms with Gasteiger partial charge in [0.1, 0.15) is 18.1 Å². The SMILES string of the molecule is COCc1ccc(CN2CCC(c3ccc4c(c3)OCO4)Sc3ccccc32)o1. The molecule has 0 saturated carbocycles. The van der Waals surface area contributed by atoms with E-state index in [2.05, 4.69) is 41.3 Å². The van der Waals surface area contributed by atoms with Gasteiger partial charge in [0.15, 0.2) is 11.5 Å². The maximum absolute atomic E-state index is 5.94. The van der Waals surface area contributed by atoms with Crippen molar-refractivity contribution in [1.29, 1.82) is 0 Å². The molecule has 2 aliphatic heterocycles. The lowest BCUT2D eigenvalue weighted by Crippen LogP contribution is -2.23. The number of nitrogens with zero attached hydrogens (tertiary/aromatic N) is 1. The van der Waals surface area contributed by atoms with E-state index >= 15 is 0 Å². The van der Waals surface area contributed by atoms with Crippen molar-refractivity contribution in [1.82, 2.24) is 0 Å². The standard InChI is InChI=1S/C23H23NO4S/c1-25-14-18-8-7-17(28-18)13-24-11-10-22(29-23-5-3-2-4-19(23)24)16-6-9-20-21(12-16)27-15-26-20/h2-9,12,22H,10-11,13-15H2,1H3. The van der Waals surface area contributed by atoms with Gasteiger partial charge in [0.05, 0.1) is 12.2 Å². The van der Waals surface area contributed by atoms with E-state index < -0.39 is 0 Å². The number of anilines is 1. The summed E-state index contributed by atoms with van der Waals surface area (Å²) < 4.78 is 22.2. The molecule has 0 saturated heterocycles. The van der Waals surface area contributed by atoms with Crippen molar-refractivity contribution in [3.05, 3.63) is 71.7 Å². The molecule has 0 aliphatic carbocycles. The molecule has 29 heavy (non-hydrogen) atoms. The van der Waals surface area contributed by atoms with Gasteiger partial charge in [0.2, 0.25) is 6.79 Å². The van der Waals surface area contributed by atoms with Gasteiger partial charge in [-0.05, 0) is 48.4 Å². The maximum Gasteiger partial charge on any atom is 0.231 e. The van der Waals surface area contributed by atoms with Crippen LogP contribution in [-0.2, 0) is 17.9 Å². The Balaban J connectivity index is 1.40. The molecular formula is C23H23NO4S. The molecular weight excluding hydrogens is 386 g/mol. The number of furan rings is 1. The normalized spacial score (nSPS) is 17.8. The fourth-order valence-electron chi connectivity index (χ4n) is 3.85. The smallest absolute Gasteiger partial charge is 0.231 e. The summed E-state index contributed by atoms with van der Waals surface area (Å²) in [6.45, 7) is 2.50. The minimum atomic E-state index is 0.307. The second-order valence-corrected chi connectivity index (χ2v) is 8.44. The molecule has 1 unspecified atom stereocenters. The Kier molecular flexibility index (Phi) is 5.12. The summed E-state index contributed by atoms with van der Waals surface area (Å²) >= 11 is 1.92. The highest BCUT2D eigenvalue weighted by Gasteiger charge is 2.25. The van der Waals surface area contributed by atoms with Crippen molar-refractivity contribution < 1.29 is 18.6 Å². The Morgan fingerprint density at radius 2 is 1.90 bits per heavy atom. The summed E-state index contributed by atoms with van der Waals surface area (Å²) in [7, 11) is 1.68. The number of thioether (sulfide) groups is 1. The number of ether oxygens (including phenoxy) is 3. The van der Waals surface area contributed by atoms with Gasteiger partial charge >= 0.3 is 0 Å². The van der Waals surface area contributed by atoms with Crippen LogP contribution in [0, 0.1) is 0 Å².